The van der Waals surface area contributed by atoms with Gasteiger partial charge in [0.05, 0.1) is 0 Å². The first kappa shape index (κ1) is 9.25. The quantitative estimate of drug-likeness (QED) is 0.595. The van der Waals surface area contributed by atoms with Crippen molar-refractivity contribution in [2.45, 2.75) is 26.2 Å². The molecular weight excluding hydrogens is 136 g/mol. The van der Waals surface area contributed by atoms with E-state index in [1.165, 1.54) is 12.8 Å². The lowest BCUT2D eigenvalue weighted by Gasteiger charge is -2.07. The van der Waals surface area contributed by atoms with Crippen molar-refractivity contribution in [3.63, 3.8) is 0 Å². The number of unbranched alkanes of at least 4 members (excludes halogenated alkanes) is 1. The maximum Gasteiger partial charge on any atom is 0.0470 e. The fourth-order valence-corrected chi connectivity index (χ4v) is 0.962. The minimum Gasteiger partial charge on any atom is -0.396 e. The van der Waals surface area contributed by atoms with E-state index >= 15 is 0 Å². The van der Waals surface area contributed by atoms with Gasteiger partial charge in [-0.1, -0.05) is 19.8 Å². The van der Waals surface area contributed by atoms with Gasteiger partial charge in [0.15, 0.2) is 0 Å². The fraction of sp³-hybridized carbons (Fsp3) is 1.00. The van der Waals surface area contributed by atoms with E-state index < -0.39 is 0 Å². The molecule has 0 aromatic carbocycles. The first-order valence-corrected chi connectivity index (χ1v) is 4.05. The van der Waals surface area contributed by atoms with Gasteiger partial charge in [0.25, 0.3) is 0 Å². The van der Waals surface area contributed by atoms with E-state index in [4.69, 9.17) is 16.7 Å². The molecule has 1 unspecified atom stereocenters. The lowest BCUT2D eigenvalue weighted by molar-refractivity contribution is 0.230. The molecule has 0 radical (unpaired) electrons. The Balaban J connectivity index is 3.09. The third-order valence-electron chi connectivity index (χ3n) is 1.44. The Morgan fingerprint density at radius 2 is 2.22 bits per heavy atom. The molecule has 1 atom stereocenters. The van der Waals surface area contributed by atoms with Gasteiger partial charge >= 0.3 is 0 Å². The van der Waals surface area contributed by atoms with E-state index in [1.807, 2.05) is 0 Å². The fourth-order valence-electron chi connectivity index (χ4n) is 0.710. The van der Waals surface area contributed by atoms with Crippen LogP contribution in [0.15, 0.2) is 0 Å². The third kappa shape index (κ3) is 4.73. The molecule has 0 saturated heterocycles. The van der Waals surface area contributed by atoms with Crippen LogP contribution < -0.4 is 0 Å². The molecule has 0 saturated carbocycles. The van der Waals surface area contributed by atoms with Crippen LogP contribution in [-0.4, -0.2) is 17.6 Å². The number of aliphatic hydroxyl groups is 1. The van der Waals surface area contributed by atoms with Crippen LogP contribution in [0.2, 0.25) is 0 Å². The predicted octanol–water partition coefficient (Wildman–Crippen LogP) is 2.02. The molecule has 0 aliphatic rings. The minimum atomic E-state index is 0.240. The van der Waals surface area contributed by atoms with Crippen LogP contribution in [0.25, 0.3) is 0 Å². The first-order valence-electron chi connectivity index (χ1n) is 3.52. The molecule has 0 rings (SSSR count). The summed E-state index contributed by atoms with van der Waals surface area (Å²) in [4.78, 5) is 0. The number of hydrogen-bond acceptors (Lipinski definition) is 1. The molecule has 56 valence electrons. The van der Waals surface area contributed by atoms with Gasteiger partial charge in [0.2, 0.25) is 0 Å². The molecule has 0 aromatic heterocycles. The highest BCUT2D eigenvalue weighted by Crippen LogP contribution is 2.08. The lowest BCUT2D eigenvalue weighted by Crippen LogP contribution is -2.06. The summed E-state index contributed by atoms with van der Waals surface area (Å²) >= 11 is 5.54. The van der Waals surface area contributed by atoms with Crippen molar-refractivity contribution in [3.8, 4) is 0 Å². The van der Waals surface area contributed by atoms with Crippen molar-refractivity contribution >= 4 is 11.6 Å². The second-order valence-electron chi connectivity index (χ2n) is 2.35. The van der Waals surface area contributed by atoms with Crippen LogP contribution in [0, 0.1) is 5.92 Å². The number of halogens is 1. The zero-order chi connectivity index (χ0) is 7.11. The van der Waals surface area contributed by atoms with E-state index in [1.54, 1.807) is 0 Å². The molecule has 2 heteroatoms. The topological polar surface area (TPSA) is 20.2 Å². The van der Waals surface area contributed by atoms with Gasteiger partial charge in [-0.3, -0.25) is 0 Å². The highest BCUT2D eigenvalue weighted by Gasteiger charge is 2.02. The highest BCUT2D eigenvalue weighted by atomic mass is 35.5. The molecule has 0 fully saturated rings. The maximum absolute atomic E-state index is 8.67. The molecular formula is C7H15ClO. The van der Waals surface area contributed by atoms with Gasteiger partial charge in [0.1, 0.15) is 0 Å². The summed E-state index contributed by atoms with van der Waals surface area (Å²) in [6.45, 7) is 2.38. The van der Waals surface area contributed by atoms with Crippen molar-refractivity contribution in [2.75, 3.05) is 12.5 Å². The summed E-state index contributed by atoms with van der Waals surface area (Å²) in [7, 11) is 0. The Bertz CT molecular complexity index is 52.9. The van der Waals surface area contributed by atoms with E-state index in [0.717, 1.165) is 6.42 Å². The molecule has 0 bridgehead atoms. The molecule has 0 aliphatic carbocycles. The van der Waals surface area contributed by atoms with Crippen LogP contribution in [0.4, 0.5) is 0 Å². The number of aliphatic hydroxyl groups excluding tert-OH is 1. The van der Waals surface area contributed by atoms with Crippen molar-refractivity contribution in [1.82, 2.24) is 0 Å². The van der Waals surface area contributed by atoms with Crippen molar-refractivity contribution in [2.24, 2.45) is 5.92 Å². The summed E-state index contributed by atoms with van der Waals surface area (Å²) in [5.41, 5.74) is 0. The van der Waals surface area contributed by atoms with E-state index in [2.05, 4.69) is 6.92 Å². The second-order valence-corrected chi connectivity index (χ2v) is 2.65. The Morgan fingerprint density at radius 3 is 2.56 bits per heavy atom. The van der Waals surface area contributed by atoms with Crippen molar-refractivity contribution in [3.05, 3.63) is 0 Å². The smallest absolute Gasteiger partial charge is 0.0470 e. The largest absolute Gasteiger partial charge is 0.396 e. The number of alkyl halides is 1. The number of hydrogen-bond donors (Lipinski definition) is 1. The van der Waals surface area contributed by atoms with Gasteiger partial charge in [-0.05, 0) is 12.3 Å². The van der Waals surface area contributed by atoms with Crippen LogP contribution in [0.5, 0.6) is 0 Å². The van der Waals surface area contributed by atoms with Gasteiger partial charge in [-0.15, -0.1) is 11.6 Å². The molecule has 9 heavy (non-hydrogen) atoms. The first-order chi connectivity index (χ1) is 4.35. The Labute approximate surface area is 62.0 Å². The highest BCUT2D eigenvalue weighted by molar-refractivity contribution is 6.18. The Morgan fingerprint density at radius 1 is 1.56 bits per heavy atom. The zero-order valence-electron chi connectivity index (χ0n) is 5.94. The average molecular weight is 151 g/mol. The lowest BCUT2D eigenvalue weighted by atomic mass is 10.1. The molecule has 0 amide bonds. The number of rotatable bonds is 5. The van der Waals surface area contributed by atoms with Crippen LogP contribution in [-0.2, 0) is 0 Å². The standard InChI is InChI=1S/C7H15ClO/c1-2-3-4-7(5-8)6-9/h7,9H,2-6H2,1H3. The molecule has 0 aromatic rings. The predicted molar refractivity (Wildman–Crippen MR) is 40.8 cm³/mol. The summed E-state index contributed by atoms with van der Waals surface area (Å²) in [6.07, 6.45) is 3.43. The second kappa shape index (κ2) is 6.37. The van der Waals surface area contributed by atoms with Gasteiger partial charge in [-0.25, -0.2) is 0 Å². The van der Waals surface area contributed by atoms with Crippen LogP contribution >= 0.6 is 11.6 Å². The molecule has 1 nitrogen and oxygen atoms in total. The summed E-state index contributed by atoms with van der Waals surface area (Å²) in [5.74, 6) is 0.919. The van der Waals surface area contributed by atoms with E-state index in [-0.39, 0.29) is 6.61 Å². The van der Waals surface area contributed by atoms with Gasteiger partial charge < -0.3 is 5.11 Å². The minimum absolute atomic E-state index is 0.240. The van der Waals surface area contributed by atoms with E-state index in [0.29, 0.717) is 11.8 Å². The SMILES string of the molecule is CCCCC(CO)CCl. The summed E-state index contributed by atoms with van der Waals surface area (Å²) < 4.78 is 0. The molecule has 0 spiro atoms. The molecule has 0 heterocycles. The van der Waals surface area contributed by atoms with Crippen molar-refractivity contribution in [1.29, 1.82) is 0 Å². The summed E-state index contributed by atoms with van der Waals surface area (Å²) in [6, 6.07) is 0. The summed E-state index contributed by atoms with van der Waals surface area (Å²) in [5, 5.41) is 8.67. The maximum atomic E-state index is 8.67. The zero-order valence-corrected chi connectivity index (χ0v) is 6.69. The molecule has 1 N–H and O–H groups in total. The van der Waals surface area contributed by atoms with E-state index in [9.17, 15) is 0 Å². The average Bonchev–Trinajstić information content (AvgIpc) is 1.91. The normalized spacial score (nSPS) is 13.7. The van der Waals surface area contributed by atoms with Crippen molar-refractivity contribution < 1.29 is 5.11 Å². The van der Waals surface area contributed by atoms with Crippen LogP contribution in [0.1, 0.15) is 26.2 Å². The molecule has 0 aliphatic heterocycles. The Kier molecular flexibility index (Phi) is 6.55. The third-order valence-corrected chi connectivity index (χ3v) is 1.88. The van der Waals surface area contributed by atoms with Crippen LogP contribution in [0.3, 0.4) is 0 Å². The van der Waals surface area contributed by atoms with Gasteiger partial charge in [0, 0.05) is 12.5 Å². The monoisotopic (exact) mass is 150 g/mol. The Hall–Kier alpha value is 0.250. The van der Waals surface area contributed by atoms with Gasteiger partial charge in [-0.2, -0.15) is 0 Å².